The molecule has 1 aliphatic heterocycles. The van der Waals surface area contributed by atoms with E-state index in [2.05, 4.69) is 15.0 Å². The Morgan fingerprint density at radius 2 is 2.19 bits per heavy atom. The van der Waals surface area contributed by atoms with Crippen LogP contribution in [0.1, 0.15) is 31.5 Å². The van der Waals surface area contributed by atoms with E-state index in [1.807, 2.05) is 0 Å². The van der Waals surface area contributed by atoms with Gasteiger partial charge in [0, 0.05) is 13.0 Å². The maximum atomic E-state index is 9.18. The standard InChI is InChI=1S/C11H19N3O2/c1-9(15)8-11-12-10(13-16-11)4-7-14-5-2-3-6-14/h9,15H,2-8H2,1H3. The fraction of sp³-hybridized carbons (Fsp3) is 0.818. The van der Waals surface area contributed by atoms with Crippen molar-refractivity contribution in [2.24, 2.45) is 0 Å². The highest BCUT2D eigenvalue weighted by Crippen LogP contribution is 2.08. The summed E-state index contributed by atoms with van der Waals surface area (Å²) >= 11 is 0. The zero-order chi connectivity index (χ0) is 11.4. The molecule has 90 valence electrons. The molecule has 1 atom stereocenters. The summed E-state index contributed by atoms with van der Waals surface area (Å²) in [4.78, 5) is 6.67. The zero-order valence-electron chi connectivity index (χ0n) is 9.72. The maximum absolute atomic E-state index is 9.18. The summed E-state index contributed by atoms with van der Waals surface area (Å²) in [7, 11) is 0. The molecule has 2 rings (SSSR count). The number of aromatic nitrogens is 2. The van der Waals surface area contributed by atoms with Crippen molar-refractivity contribution in [2.45, 2.75) is 38.7 Å². The average molecular weight is 225 g/mol. The minimum absolute atomic E-state index is 0.424. The number of nitrogens with zero attached hydrogens (tertiary/aromatic N) is 3. The largest absolute Gasteiger partial charge is 0.393 e. The van der Waals surface area contributed by atoms with E-state index in [4.69, 9.17) is 4.52 Å². The molecule has 0 amide bonds. The molecule has 1 aromatic heterocycles. The van der Waals surface area contributed by atoms with Gasteiger partial charge in [0.25, 0.3) is 0 Å². The van der Waals surface area contributed by atoms with Crippen molar-refractivity contribution >= 4 is 0 Å². The van der Waals surface area contributed by atoms with Crippen LogP contribution in [0, 0.1) is 0 Å². The van der Waals surface area contributed by atoms with Gasteiger partial charge in [-0.3, -0.25) is 0 Å². The first-order valence-corrected chi connectivity index (χ1v) is 5.96. The van der Waals surface area contributed by atoms with Crippen molar-refractivity contribution in [1.29, 1.82) is 0 Å². The minimum atomic E-state index is -0.424. The van der Waals surface area contributed by atoms with Crippen LogP contribution in [-0.2, 0) is 12.8 Å². The predicted molar refractivity (Wildman–Crippen MR) is 59.1 cm³/mol. The van der Waals surface area contributed by atoms with Gasteiger partial charge >= 0.3 is 0 Å². The number of rotatable bonds is 5. The van der Waals surface area contributed by atoms with Crippen LogP contribution >= 0.6 is 0 Å². The number of aliphatic hydroxyl groups is 1. The summed E-state index contributed by atoms with van der Waals surface area (Å²) in [5.74, 6) is 1.29. The Kier molecular flexibility index (Phi) is 3.90. The molecule has 0 saturated carbocycles. The Morgan fingerprint density at radius 1 is 1.44 bits per heavy atom. The fourth-order valence-corrected chi connectivity index (χ4v) is 1.99. The molecular formula is C11H19N3O2. The van der Waals surface area contributed by atoms with Gasteiger partial charge in [-0.25, -0.2) is 0 Å². The minimum Gasteiger partial charge on any atom is -0.393 e. The molecule has 0 radical (unpaired) electrons. The van der Waals surface area contributed by atoms with Crippen LogP contribution in [0.5, 0.6) is 0 Å². The zero-order valence-corrected chi connectivity index (χ0v) is 9.72. The molecule has 16 heavy (non-hydrogen) atoms. The lowest BCUT2D eigenvalue weighted by Crippen LogP contribution is -2.22. The average Bonchev–Trinajstić information content (AvgIpc) is 2.84. The van der Waals surface area contributed by atoms with Crippen LogP contribution < -0.4 is 0 Å². The van der Waals surface area contributed by atoms with E-state index in [1.54, 1.807) is 6.92 Å². The molecule has 2 heterocycles. The lowest BCUT2D eigenvalue weighted by atomic mass is 10.3. The molecular weight excluding hydrogens is 206 g/mol. The van der Waals surface area contributed by atoms with Gasteiger partial charge in [-0.05, 0) is 32.9 Å². The third-order valence-electron chi connectivity index (χ3n) is 2.83. The van der Waals surface area contributed by atoms with Crippen LogP contribution in [0.2, 0.25) is 0 Å². The maximum Gasteiger partial charge on any atom is 0.229 e. The van der Waals surface area contributed by atoms with Gasteiger partial charge in [0.05, 0.1) is 12.5 Å². The van der Waals surface area contributed by atoms with Crippen molar-refractivity contribution in [2.75, 3.05) is 19.6 Å². The molecule has 1 fully saturated rings. The number of hydrogen-bond acceptors (Lipinski definition) is 5. The van der Waals surface area contributed by atoms with E-state index in [0.717, 1.165) is 18.8 Å². The van der Waals surface area contributed by atoms with E-state index in [1.165, 1.54) is 25.9 Å². The summed E-state index contributed by atoms with van der Waals surface area (Å²) in [6.07, 6.45) is 3.46. The smallest absolute Gasteiger partial charge is 0.229 e. The highest BCUT2D eigenvalue weighted by Gasteiger charge is 2.13. The lowest BCUT2D eigenvalue weighted by molar-refractivity contribution is 0.181. The first-order chi connectivity index (χ1) is 7.74. The van der Waals surface area contributed by atoms with Gasteiger partial charge in [-0.15, -0.1) is 0 Å². The van der Waals surface area contributed by atoms with Gasteiger partial charge < -0.3 is 14.5 Å². The molecule has 0 aromatic carbocycles. The van der Waals surface area contributed by atoms with Gasteiger partial charge in [-0.2, -0.15) is 4.98 Å². The molecule has 0 aliphatic carbocycles. The summed E-state index contributed by atoms with van der Waals surface area (Å²) < 4.78 is 5.05. The molecule has 1 aromatic rings. The molecule has 0 bridgehead atoms. The van der Waals surface area contributed by atoms with Crippen LogP contribution in [0.15, 0.2) is 4.52 Å². The summed E-state index contributed by atoms with van der Waals surface area (Å²) in [5, 5.41) is 13.1. The fourth-order valence-electron chi connectivity index (χ4n) is 1.99. The van der Waals surface area contributed by atoms with Crippen LogP contribution in [0.25, 0.3) is 0 Å². The number of aliphatic hydroxyl groups excluding tert-OH is 1. The number of likely N-dealkylation sites (tertiary alicyclic amines) is 1. The summed E-state index contributed by atoms with van der Waals surface area (Å²) in [6, 6.07) is 0. The quantitative estimate of drug-likeness (QED) is 0.796. The van der Waals surface area contributed by atoms with Gasteiger partial charge in [0.2, 0.25) is 5.89 Å². The second-order valence-electron chi connectivity index (χ2n) is 4.46. The second kappa shape index (κ2) is 5.41. The molecule has 1 N–H and O–H groups in total. The third-order valence-corrected chi connectivity index (χ3v) is 2.83. The Balaban J connectivity index is 1.78. The summed E-state index contributed by atoms with van der Waals surface area (Å²) in [6.45, 7) is 5.11. The predicted octanol–water partition coefficient (Wildman–Crippen LogP) is 0.631. The van der Waals surface area contributed by atoms with Crippen molar-refractivity contribution < 1.29 is 9.63 Å². The summed E-state index contributed by atoms with van der Waals surface area (Å²) in [5.41, 5.74) is 0. The van der Waals surface area contributed by atoms with Crippen molar-refractivity contribution in [3.8, 4) is 0 Å². The Hall–Kier alpha value is -0.940. The van der Waals surface area contributed by atoms with Crippen LogP contribution in [0.4, 0.5) is 0 Å². The molecule has 1 unspecified atom stereocenters. The van der Waals surface area contributed by atoms with E-state index in [-0.39, 0.29) is 0 Å². The Morgan fingerprint density at radius 3 is 2.88 bits per heavy atom. The normalized spacial score (nSPS) is 19.1. The Labute approximate surface area is 95.4 Å². The van der Waals surface area contributed by atoms with Crippen molar-refractivity contribution in [3.05, 3.63) is 11.7 Å². The highest BCUT2D eigenvalue weighted by atomic mass is 16.5. The van der Waals surface area contributed by atoms with E-state index < -0.39 is 6.10 Å². The van der Waals surface area contributed by atoms with Crippen LogP contribution in [-0.4, -0.2) is 45.9 Å². The topological polar surface area (TPSA) is 62.4 Å². The van der Waals surface area contributed by atoms with Gasteiger partial charge in [0.15, 0.2) is 5.82 Å². The molecule has 1 saturated heterocycles. The van der Waals surface area contributed by atoms with Gasteiger partial charge in [-0.1, -0.05) is 5.16 Å². The number of hydrogen-bond donors (Lipinski definition) is 1. The first-order valence-electron chi connectivity index (χ1n) is 5.96. The van der Waals surface area contributed by atoms with E-state index in [9.17, 15) is 5.11 Å². The second-order valence-corrected chi connectivity index (χ2v) is 4.46. The SMILES string of the molecule is CC(O)Cc1nc(CCN2CCCC2)no1. The molecule has 0 spiro atoms. The van der Waals surface area contributed by atoms with E-state index in [0.29, 0.717) is 12.3 Å². The third kappa shape index (κ3) is 3.28. The highest BCUT2D eigenvalue weighted by molar-refractivity contribution is 4.88. The monoisotopic (exact) mass is 225 g/mol. The van der Waals surface area contributed by atoms with Crippen LogP contribution in [0.3, 0.4) is 0 Å². The molecule has 5 nitrogen and oxygen atoms in total. The first kappa shape index (κ1) is 11.5. The van der Waals surface area contributed by atoms with Crippen molar-refractivity contribution in [1.82, 2.24) is 15.0 Å². The van der Waals surface area contributed by atoms with Gasteiger partial charge in [0.1, 0.15) is 0 Å². The Bertz CT molecular complexity index is 319. The molecule has 1 aliphatic rings. The van der Waals surface area contributed by atoms with Crippen molar-refractivity contribution in [3.63, 3.8) is 0 Å². The van der Waals surface area contributed by atoms with E-state index >= 15 is 0 Å². The molecule has 5 heteroatoms. The lowest BCUT2D eigenvalue weighted by Gasteiger charge is -2.11.